The number of aliphatic hydroxyl groups is 1. The minimum Gasteiger partial charge on any atom is -0.391 e. The largest absolute Gasteiger partial charge is 0.391 e. The number of benzene rings is 1. The van der Waals surface area contributed by atoms with Crippen LogP contribution in [0.25, 0.3) is 0 Å². The van der Waals surface area contributed by atoms with Crippen molar-refractivity contribution in [3.8, 4) is 0 Å². The zero-order chi connectivity index (χ0) is 14.0. The predicted octanol–water partition coefficient (Wildman–Crippen LogP) is 1.69. The molecule has 2 atom stereocenters. The van der Waals surface area contributed by atoms with Crippen LogP contribution in [0.5, 0.6) is 0 Å². The first kappa shape index (κ1) is 14.3. The molecule has 2 rings (SSSR count). The number of sulfone groups is 1. The maximum absolute atomic E-state index is 11.7. The molecule has 1 aromatic carbocycles. The minimum atomic E-state index is -3.13. The van der Waals surface area contributed by atoms with Gasteiger partial charge in [-0.05, 0) is 36.6 Å². The lowest BCUT2D eigenvalue weighted by atomic mass is 9.96. The van der Waals surface area contributed by atoms with E-state index in [1.54, 1.807) is 19.1 Å². The summed E-state index contributed by atoms with van der Waals surface area (Å²) in [6.45, 7) is 5.21. The van der Waals surface area contributed by atoms with Gasteiger partial charge in [-0.3, -0.25) is 0 Å². The van der Waals surface area contributed by atoms with Crippen molar-refractivity contribution in [2.75, 3.05) is 23.7 Å². The number of anilines is 1. The highest BCUT2D eigenvalue weighted by molar-refractivity contribution is 7.91. The van der Waals surface area contributed by atoms with Crippen molar-refractivity contribution < 1.29 is 13.5 Å². The van der Waals surface area contributed by atoms with E-state index in [0.29, 0.717) is 17.4 Å². The van der Waals surface area contributed by atoms with E-state index < -0.39 is 9.84 Å². The average Bonchev–Trinajstić information content (AvgIpc) is 2.42. The zero-order valence-electron chi connectivity index (χ0n) is 11.4. The number of hydrogen-bond donors (Lipinski definition) is 1. The molecule has 0 aromatic heterocycles. The summed E-state index contributed by atoms with van der Waals surface area (Å²) in [7, 11) is -3.13. The number of β-amino-alcohol motifs (C(OH)–C–C–N with tert-alkyl or cyclic N) is 1. The quantitative estimate of drug-likeness (QED) is 0.917. The maximum atomic E-state index is 11.7. The Labute approximate surface area is 115 Å². The van der Waals surface area contributed by atoms with E-state index in [1.165, 1.54) is 0 Å². The molecule has 19 heavy (non-hydrogen) atoms. The fourth-order valence-corrected chi connectivity index (χ4v) is 3.20. The third kappa shape index (κ3) is 3.09. The molecule has 106 valence electrons. The van der Waals surface area contributed by atoms with Crippen molar-refractivity contribution in [1.29, 1.82) is 0 Å². The van der Waals surface area contributed by atoms with Crippen LogP contribution in [0, 0.1) is 5.92 Å². The van der Waals surface area contributed by atoms with Gasteiger partial charge >= 0.3 is 0 Å². The fraction of sp³-hybridized carbons (Fsp3) is 0.571. The van der Waals surface area contributed by atoms with Crippen LogP contribution >= 0.6 is 0 Å². The van der Waals surface area contributed by atoms with Gasteiger partial charge in [-0.15, -0.1) is 0 Å². The predicted molar refractivity (Wildman–Crippen MR) is 76.2 cm³/mol. The molecule has 5 heteroatoms. The molecule has 1 aromatic rings. The molecule has 0 saturated carbocycles. The molecule has 1 aliphatic heterocycles. The highest BCUT2D eigenvalue weighted by Crippen LogP contribution is 2.24. The highest BCUT2D eigenvalue weighted by atomic mass is 32.2. The Balaban J connectivity index is 2.15. The standard InChI is InChI=1S/C14H21NO3S/c1-3-19(17,18)13-6-4-12(5-7-13)15-9-8-11(2)14(16)10-15/h4-7,11,14,16H,3,8-10H2,1-2H3/t11-,14+/m0/s1. The highest BCUT2D eigenvalue weighted by Gasteiger charge is 2.24. The van der Waals surface area contributed by atoms with Gasteiger partial charge in [-0.1, -0.05) is 13.8 Å². The average molecular weight is 283 g/mol. The topological polar surface area (TPSA) is 57.6 Å². The molecule has 0 bridgehead atoms. The molecular weight excluding hydrogens is 262 g/mol. The van der Waals surface area contributed by atoms with E-state index >= 15 is 0 Å². The molecule has 4 nitrogen and oxygen atoms in total. The summed E-state index contributed by atoms with van der Waals surface area (Å²) in [5.41, 5.74) is 0.973. The van der Waals surface area contributed by atoms with Crippen molar-refractivity contribution in [2.24, 2.45) is 5.92 Å². The summed E-state index contributed by atoms with van der Waals surface area (Å²) in [5, 5.41) is 9.89. The third-order valence-electron chi connectivity index (χ3n) is 3.86. The SMILES string of the molecule is CCS(=O)(=O)c1ccc(N2CC[C@H](C)[C@H](O)C2)cc1. The molecule has 1 aliphatic rings. The van der Waals surface area contributed by atoms with Crippen LogP contribution in [0.1, 0.15) is 20.3 Å². The van der Waals surface area contributed by atoms with Gasteiger partial charge in [0.2, 0.25) is 0 Å². The Morgan fingerprint density at radius 3 is 2.47 bits per heavy atom. The van der Waals surface area contributed by atoms with E-state index in [4.69, 9.17) is 0 Å². The first-order valence-corrected chi connectivity index (χ1v) is 8.35. The Kier molecular flexibility index (Phi) is 4.16. The zero-order valence-corrected chi connectivity index (χ0v) is 12.2. The Bertz CT molecular complexity index is 524. The molecule has 0 spiro atoms. The molecule has 0 radical (unpaired) electrons. The fourth-order valence-electron chi connectivity index (χ4n) is 2.31. The summed E-state index contributed by atoms with van der Waals surface area (Å²) in [6.07, 6.45) is 0.642. The number of piperidine rings is 1. The maximum Gasteiger partial charge on any atom is 0.178 e. The minimum absolute atomic E-state index is 0.117. The lowest BCUT2D eigenvalue weighted by Crippen LogP contribution is -2.42. The molecule has 0 unspecified atom stereocenters. The van der Waals surface area contributed by atoms with Crippen LogP contribution in [0.3, 0.4) is 0 Å². The summed E-state index contributed by atoms with van der Waals surface area (Å²) in [4.78, 5) is 2.47. The lowest BCUT2D eigenvalue weighted by Gasteiger charge is -2.35. The van der Waals surface area contributed by atoms with Gasteiger partial charge in [-0.2, -0.15) is 0 Å². The van der Waals surface area contributed by atoms with E-state index in [1.807, 2.05) is 12.1 Å². The van der Waals surface area contributed by atoms with E-state index in [9.17, 15) is 13.5 Å². The van der Waals surface area contributed by atoms with Gasteiger partial charge in [0.05, 0.1) is 16.8 Å². The van der Waals surface area contributed by atoms with Crippen molar-refractivity contribution in [3.05, 3.63) is 24.3 Å². The lowest BCUT2D eigenvalue weighted by molar-refractivity contribution is 0.103. The van der Waals surface area contributed by atoms with Gasteiger partial charge in [0, 0.05) is 18.8 Å². The van der Waals surface area contributed by atoms with Crippen LogP contribution in [-0.4, -0.2) is 38.5 Å². The van der Waals surface area contributed by atoms with Gasteiger partial charge in [-0.25, -0.2) is 8.42 Å². The van der Waals surface area contributed by atoms with Gasteiger partial charge in [0.15, 0.2) is 9.84 Å². The summed E-state index contributed by atoms with van der Waals surface area (Å²) < 4.78 is 23.5. The number of aliphatic hydroxyl groups excluding tert-OH is 1. The normalized spacial score (nSPS) is 24.5. The van der Waals surface area contributed by atoms with Crippen LogP contribution in [-0.2, 0) is 9.84 Å². The second-order valence-corrected chi connectivity index (χ2v) is 7.45. The number of nitrogens with zero attached hydrogens (tertiary/aromatic N) is 1. The van der Waals surface area contributed by atoms with Crippen LogP contribution < -0.4 is 4.90 Å². The third-order valence-corrected chi connectivity index (χ3v) is 5.61. The first-order chi connectivity index (χ1) is 8.94. The summed E-state index contributed by atoms with van der Waals surface area (Å²) in [6, 6.07) is 6.95. The van der Waals surface area contributed by atoms with E-state index in [0.717, 1.165) is 18.7 Å². The van der Waals surface area contributed by atoms with Crippen LogP contribution in [0.4, 0.5) is 5.69 Å². The summed E-state index contributed by atoms with van der Waals surface area (Å²) in [5.74, 6) is 0.447. The molecule has 1 N–H and O–H groups in total. The molecule has 0 aliphatic carbocycles. The Morgan fingerprint density at radius 1 is 1.32 bits per heavy atom. The van der Waals surface area contributed by atoms with E-state index in [-0.39, 0.29) is 11.9 Å². The molecule has 1 heterocycles. The molecule has 1 fully saturated rings. The number of rotatable bonds is 3. The Morgan fingerprint density at radius 2 is 1.95 bits per heavy atom. The Hall–Kier alpha value is -1.07. The monoisotopic (exact) mass is 283 g/mol. The second kappa shape index (κ2) is 5.51. The van der Waals surface area contributed by atoms with Gasteiger partial charge in [0.25, 0.3) is 0 Å². The first-order valence-electron chi connectivity index (χ1n) is 6.70. The smallest absolute Gasteiger partial charge is 0.178 e. The van der Waals surface area contributed by atoms with Crippen molar-refractivity contribution in [2.45, 2.75) is 31.3 Å². The van der Waals surface area contributed by atoms with Crippen LogP contribution in [0.2, 0.25) is 0 Å². The van der Waals surface area contributed by atoms with Crippen molar-refractivity contribution >= 4 is 15.5 Å². The van der Waals surface area contributed by atoms with Gasteiger partial charge < -0.3 is 10.0 Å². The molecular formula is C14H21NO3S. The molecule has 1 saturated heterocycles. The van der Waals surface area contributed by atoms with Gasteiger partial charge in [0.1, 0.15) is 0 Å². The number of hydrogen-bond acceptors (Lipinski definition) is 4. The van der Waals surface area contributed by atoms with Crippen molar-refractivity contribution in [1.82, 2.24) is 0 Å². The van der Waals surface area contributed by atoms with E-state index in [2.05, 4.69) is 11.8 Å². The van der Waals surface area contributed by atoms with Crippen LogP contribution in [0.15, 0.2) is 29.2 Å². The second-order valence-electron chi connectivity index (χ2n) is 5.18. The summed E-state index contributed by atoms with van der Waals surface area (Å²) >= 11 is 0. The van der Waals surface area contributed by atoms with Crippen molar-refractivity contribution in [3.63, 3.8) is 0 Å². The molecule has 0 amide bonds.